The molecule has 0 fully saturated rings. The van der Waals surface area contributed by atoms with E-state index < -0.39 is 74.0 Å². The quantitative estimate of drug-likeness (QED) is 0.161. The number of aryl methyl sites for hydroxylation is 1. The van der Waals surface area contributed by atoms with E-state index in [1.165, 1.54) is 12.1 Å². The van der Waals surface area contributed by atoms with E-state index in [0.717, 1.165) is 17.7 Å². The van der Waals surface area contributed by atoms with Gasteiger partial charge in [0, 0.05) is 0 Å². The molecule has 36 heavy (non-hydrogen) atoms. The third-order valence-electron chi connectivity index (χ3n) is 6.06. The van der Waals surface area contributed by atoms with E-state index in [1.54, 1.807) is 24.3 Å². The van der Waals surface area contributed by atoms with E-state index in [9.17, 15) is 40.2 Å². The molecule has 5 aromatic rings. The third-order valence-corrected chi connectivity index (χ3v) is 6.06. The van der Waals surface area contributed by atoms with Gasteiger partial charge in [-0.3, -0.25) is 0 Å². The fourth-order valence-corrected chi connectivity index (χ4v) is 4.23. The molecule has 10 nitrogen and oxygen atoms in total. The van der Waals surface area contributed by atoms with Crippen LogP contribution in [0.4, 0.5) is 0 Å². The highest BCUT2D eigenvalue weighted by Gasteiger charge is 2.33. The molecule has 0 radical (unpaired) electrons. The first kappa shape index (κ1) is 22.7. The molecule has 0 spiro atoms. The van der Waals surface area contributed by atoms with Gasteiger partial charge in [0.05, 0.1) is 27.8 Å². The second-order valence-electron chi connectivity index (χ2n) is 8.27. The number of phenols is 4. The molecule has 10 heteroatoms. The van der Waals surface area contributed by atoms with Crippen LogP contribution in [-0.2, 0) is 0 Å². The maximum Gasteiger partial charge on any atom is 0.344 e. The molecule has 0 aliphatic carbocycles. The van der Waals surface area contributed by atoms with Crippen molar-refractivity contribution in [3.63, 3.8) is 0 Å². The van der Waals surface area contributed by atoms with Crippen LogP contribution in [0.3, 0.4) is 0 Å². The fourth-order valence-electron chi connectivity index (χ4n) is 4.23. The van der Waals surface area contributed by atoms with E-state index in [1.807, 2.05) is 6.92 Å². The number of hydrogen-bond donors (Lipinski definition) is 6. The number of fused-ring (bicyclic) bond motifs is 2. The maximum atomic E-state index is 13.2. The van der Waals surface area contributed by atoms with Gasteiger partial charge >= 0.3 is 11.3 Å². The summed E-state index contributed by atoms with van der Waals surface area (Å²) >= 11 is 0. The normalized spacial score (nSPS) is 11.5. The minimum absolute atomic E-state index is 0.135. The lowest BCUT2D eigenvalue weighted by Gasteiger charge is -2.20. The van der Waals surface area contributed by atoms with Crippen LogP contribution in [0.1, 0.15) is 28.2 Å². The Hall–Kier alpha value is -5.12. The second kappa shape index (κ2) is 7.98. The van der Waals surface area contributed by atoms with Crippen molar-refractivity contribution in [3.8, 4) is 34.5 Å². The fraction of sp³-hybridized carbons (Fsp3) is 0.0769. The summed E-state index contributed by atoms with van der Waals surface area (Å²) in [4.78, 5) is 26.3. The van der Waals surface area contributed by atoms with Crippen LogP contribution in [-0.4, -0.2) is 30.6 Å². The Morgan fingerprint density at radius 2 is 1.00 bits per heavy atom. The molecule has 0 unspecified atom stereocenters. The summed E-state index contributed by atoms with van der Waals surface area (Å²) < 4.78 is 10.4. The second-order valence-corrected chi connectivity index (χ2v) is 8.27. The van der Waals surface area contributed by atoms with Crippen molar-refractivity contribution in [2.75, 3.05) is 0 Å². The van der Waals surface area contributed by atoms with Crippen LogP contribution in [0.5, 0.6) is 34.5 Å². The minimum Gasteiger partial charge on any atom is -0.507 e. The van der Waals surface area contributed by atoms with Gasteiger partial charge in [-0.25, -0.2) is 9.59 Å². The molecular formula is C26H18O10. The van der Waals surface area contributed by atoms with Crippen molar-refractivity contribution < 1.29 is 39.5 Å². The highest BCUT2D eigenvalue weighted by Crippen LogP contribution is 2.45. The average Bonchev–Trinajstić information content (AvgIpc) is 2.84. The minimum atomic E-state index is -1.42. The average molecular weight is 490 g/mol. The van der Waals surface area contributed by atoms with E-state index >= 15 is 0 Å². The van der Waals surface area contributed by atoms with Crippen LogP contribution in [0.15, 0.2) is 67.0 Å². The highest BCUT2D eigenvalue weighted by atomic mass is 16.4. The lowest BCUT2D eigenvalue weighted by molar-refractivity contribution is 0.392. The van der Waals surface area contributed by atoms with Gasteiger partial charge in [0.25, 0.3) is 0 Å². The largest absolute Gasteiger partial charge is 0.507 e. The lowest BCUT2D eigenvalue weighted by Crippen LogP contribution is -2.21. The molecule has 0 saturated heterocycles. The number of benzene rings is 3. The third kappa shape index (κ3) is 3.27. The van der Waals surface area contributed by atoms with Gasteiger partial charge in [-0.15, -0.1) is 0 Å². The molecule has 2 heterocycles. The zero-order valence-electron chi connectivity index (χ0n) is 18.5. The van der Waals surface area contributed by atoms with Crippen molar-refractivity contribution in [3.05, 3.63) is 91.6 Å². The standard InChI is InChI=1S/C26H18O10/c1-10-2-4-11(5-3-10)16(17-19(29)12-6-8-14(27)21(31)23(12)35-25(17)33)18-20(30)13-7-9-15(28)22(32)24(13)36-26(18)34/h2-9,16,27-32H,1H3. The van der Waals surface area contributed by atoms with Crippen molar-refractivity contribution in [1.29, 1.82) is 0 Å². The Balaban J connectivity index is 1.91. The van der Waals surface area contributed by atoms with Gasteiger partial charge in [0.1, 0.15) is 11.5 Å². The summed E-state index contributed by atoms with van der Waals surface area (Å²) in [5, 5.41) is 61.7. The van der Waals surface area contributed by atoms with Gasteiger partial charge in [-0.1, -0.05) is 29.8 Å². The molecule has 3 aromatic carbocycles. The van der Waals surface area contributed by atoms with Gasteiger partial charge in [0.15, 0.2) is 22.7 Å². The van der Waals surface area contributed by atoms with Crippen LogP contribution < -0.4 is 11.3 Å². The topological polar surface area (TPSA) is 182 Å². The van der Waals surface area contributed by atoms with Crippen LogP contribution in [0.2, 0.25) is 0 Å². The summed E-state index contributed by atoms with van der Waals surface area (Å²) in [6.07, 6.45) is 0. The summed E-state index contributed by atoms with van der Waals surface area (Å²) in [7, 11) is 0. The van der Waals surface area contributed by atoms with Gasteiger partial charge < -0.3 is 39.5 Å². The summed E-state index contributed by atoms with van der Waals surface area (Å²) in [6, 6.07) is 11.1. The Kier molecular flexibility index (Phi) is 5.02. The van der Waals surface area contributed by atoms with Crippen molar-refractivity contribution in [1.82, 2.24) is 0 Å². The Morgan fingerprint density at radius 1 is 0.583 bits per heavy atom. The first-order chi connectivity index (χ1) is 17.1. The monoisotopic (exact) mass is 490 g/mol. The smallest absolute Gasteiger partial charge is 0.344 e. The van der Waals surface area contributed by atoms with Gasteiger partial charge in [0.2, 0.25) is 11.5 Å². The van der Waals surface area contributed by atoms with Crippen LogP contribution in [0.25, 0.3) is 21.9 Å². The van der Waals surface area contributed by atoms with Crippen LogP contribution >= 0.6 is 0 Å². The molecule has 0 atom stereocenters. The number of phenolic OH excluding ortho intramolecular Hbond substituents is 4. The Labute approximate surface area is 200 Å². The van der Waals surface area contributed by atoms with Gasteiger partial charge in [-0.2, -0.15) is 0 Å². The predicted molar refractivity (Wildman–Crippen MR) is 127 cm³/mol. The Morgan fingerprint density at radius 3 is 1.42 bits per heavy atom. The lowest BCUT2D eigenvalue weighted by atomic mass is 9.84. The highest BCUT2D eigenvalue weighted by molar-refractivity contribution is 5.92. The summed E-state index contributed by atoms with van der Waals surface area (Å²) in [5.41, 5.74) is -2.99. The van der Waals surface area contributed by atoms with E-state index in [4.69, 9.17) is 8.83 Å². The zero-order chi connectivity index (χ0) is 25.9. The van der Waals surface area contributed by atoms with Gasteiger partial charge in [-0.05, 0) is 36.8 Å². The molecular weight excluding hydrogens is 472 g/mol. The summed E-state index contributed by atoms with van der Waals surface area (Å²) in [5.74, 6) is -5.42. The number of hydrogen-bond acceptors (Lipinski definition) is 10. The van der Waals surface area contributed by atoms with E-state index in [-0.39, 0.29) is 10.8 Å². The van der Waals surface area contributed by atoms with Crippen molar-refractivity contribution >= 4 is 21.9 Å². The molecule has 0 saturated carbocycles. The number of rotatable bonds is 3. The zero-order valence-corrected chi connectivity index (χ0v) is 18.5. The molecule has 0 amide bonds. The SMILES string of the molecule is Cc1ccc(C(c2c(O)c3ccc(O)c(O)c3oc2=O)c2c(O)c3ccc(O)c(O)c3oc2=O)cc1. The molecule has 2 aromatic heterocycles. The van der Waals surface area contributed by atoms with Crippen LogP contribution in [0, 0.1) is 6.92 Å². The molecule has 5 rings (SSSR count). The first-order valence-corrected chi connectivity index (χ1v) is 10.6. The number of aromatic hydroxyl groups is 6. The van der Waals surface area contributed by atoms with Crippen molar-refractivity contribution in [2.24, 2.45) is 0 Å². The molecule has 0 bridgehead atoms. The molecule has 0 aliphatic heterocycles. The molecule has 0 aliphatic rings. The van der Waals surface area contributed by atoms with Crippen molar-refractivity contribution in [2.45, 2.75) is 12.8 Å². The van der Waals surface area contributed by atoms with E-state index in [0.29, 0.717) is 5.56 Å². The predicted octanol–water partition coefficient (Wildman–Crippen LogP) is 3.62. The Bertz CT molecular complexity index is 1680. The first-order valence-electron chi connectivity index (χ1n) is 10.6. The summed E-state index contributed by atoms with van der Waals surface area (Å²) in [6.45, 7) is 1.81. The maximum absolute atomic E-state index is 13.2. The molecule has 6 N–H and O–H groups in total. The molecule has 182 valence electrons. The van der Waals surface area contributed by atoms with E-state index in [2.05, 4.69) is 0 Å².